The van der Waals surface area contributed by atoms with Gasteiger partial charge in [0.25, 0.3) is 5.91 Å². The fraction of sp³-hybridized carbons (Fsp3) is 0.107. The van der Waals surface area contributed by atoms with Crippen LogP contribution in [0.1, 0.15) is 33.1 Å². The Hall–Kier alpha value is -3.27. The Bertz CT molecular complexity index is 1170. The molecule has 0 unspecified atom stereocenters. The first kappa shape index (κ1) is 22.9. The second kappa shape index (κ2) is 10.6. The molecule has 4 aromatic rings. The van der Waals surface area contributed by atoms with Crippen LogP contribution in [0.15, 0.2) is 103 Å². The molecule has 33 heavy (non-hydrogen) atoms. The predicted octanol–water partition coefficient (Wildman–Crippen LogP) is 7.43. The first-order chi connectivity index (χ1) is 16.1. The standard InChI is InChI=1S/C28H23Cl2NO2/c1-33-24-15-12-20(13-16-24)19-31(28(32)23-14-17-25(29)26(30)18-23)27(21-8-4-2-5-9-21)22-10-6-3-7-11-22/h2-18,27H,19H2,1H3. The van der Waals surface area contributed by atoms with Crippen molar-refractivity contribution in [1.82, 2.24) is 4.90 Å². The van der Waals surface area contributed by atoms with Crippen molar-refractivity contribution >= 4 is 29.1 Å². The van der Waals surface area contributed by atoms with Gasteiger partial charge < -0.3 is 9.64 Å². The van der Waals surface area contributed by atoms with Gasteiger partial charge in [-0.25, -0.2) is 0 Å². The van der Waals surface area contributed by atoms with E-state index in [0.29, 0.717) is 22.2 Å². The Balaban J connectivity index is 1.82. The van der Waals surface area contributed by atoms with E-state index in [2.05, 4.69) is 0 Å². The van der Waals surface area contributed by atoms with Crippen molar-refractivity contribution in [3.63, 3.8) is 0 Å². The molecular formula is C28H23Cl2NO2. The van der Waals surface area contributed by atoms with Gasteiger partial charge in [-0.3, -0.25) is 4.79 Å². The molecule has 0 N–H and O–H groups in total. The summed E-state index contributed by atoms with van der Waals surface area (Å²) < 4.78 is 5.29. The highest BCUT2D eigenvalue weighted by molar-refractivity contribution is 6.42. The van der Waals surface area contributed by atoms with Crippen molar-refractivity contribution in [2.24, 2.45) is 0 Å². The number of methoxy groups -OCH3 is 1. The summed E-state index contributed by atoms with van der Waals surface area (Å²) in [6, 6.07) is 32.5. The molecule has 0 bridgehead atoms. The molecule has 4 aromatic carbocycles. The molecule has 0 saturated heterocycles. The molecule has 5 heteroatoms. The molecule has 0 atom stereocenters. The van der Waals surface area contributed by atoms with Crippen molar-refractivity contribution in [3.8, 4) is 5.75 Å². The van der Waals surface area contributed by atoms with Crippen molar-refractivity contribution in [3.05, 3.63) is 135 Å². The highest BCUT2D eigenvalue weighted by Gasteiger charge is 2.28. The molecule has 4 rings (SSSR count). The van der Waals surface area contributed by atoms with Gasteiger partial charge in [0.15, 0.2) is 0 Å². The zero-order chi connectivity index (χ0) is 23.2. The largest absolute Gasteiger partial charge is 0.497 e. The van der Waals surface area contributed by atoms with E-state index in [9.17, 15) is 4.79 Å². The highest BCUT2D eigenvalue weighted by atomic mass is 35.5. The lowest BCUT2D eigenvalue weighted by Crippen LogP contribution is -2.35. The third-order valence-electron chi connectivity index (χ3n) is 5.48. The van der Waals surface area contributed by atoms with Crippen molar-refractivity contribution < 1.29 is 9.53 Å². The fourth-order valence-corrected chi connectivity index (χ4v) is 4.12. The Morgan fingerprint density at radius 3 is 1.88 bits per heavy atom. The average Bonchev–Trinajstić information content (AvgIpc) is 2.86. The summed E-state index contributed by atoms with van der Waals surface area (Å²) in [5, 5.41) is 0.764. The van der Waals surface area contributed by atoms with E-state index >= 15 is 0 Å². The molecule has 0 aliphatic rings. The second-order valence-electron chi connectivity index (χ2n) is 7.63. The minimum atomic E-state index is -0.295. The number of benzene rings is 4. The summed E-state index contributed by atoms with van der Waals surface area (Å²) in [4.78, 5) is 15.8. The van der Waals surface area contributed by atoms with Crippen molar-refractivity contribution in [2.45, 2.75) is 12.6 Å². The van der Waals surface area contributed by atoms with Gasteiger partial charge in [0.1, 0.15) is 5.75 Å². The maximum absolute atomic E-state index is 13.9. The summed E-state index contributed by atoms with van der Waals surface area (Å²) in [5.41, 5.74) is 3.51. The van der Waals surface area contributed by atoms with Crippen LogP contribution in [-0.2, 0) is 6.54 Å². The van der Waals surface area contributed by atoms with E-state index in [4.69, 9.17) is 27.9 Å². The van der Waals surface area contributed by atoms with Gasteiger partial charge in [-0.2, -0.15) is 0 Å². The smallest absolute Gasteiger partial charge is 0.254 e. The third kappa shape index (κ3) is 5.39. The molecule has 0 spiro atoms. The molecule has 0 aromatic heterocycles. The fourth-order valence-electron chi connectivity index (χ4n) is 3.83. The highest BCUT2D eigenvalue weighted by Crippen LogP contribution is 2.33. The van der Waals surface area contributed by atoms with Crippen LogP contribution in [0.25, 0.3) is 0 Å². The van der Waals surface area contributed by atoms with E-state index in [1.807, 2.05) is 89.8 Å². The lowest BCUT2D eigenvalue weighted by atomic mass is 9.95. The topological polar surface area (TPSA) is 29.5 Å². The number of hydrogen-bond donors (Lipinski definition) is 0. The summed E-state index contributed by atoms with van der Waals surface area (Å²) >= 11 is 12.4. The molecule has 0 aliphatic heterocycles. The molecule has 0 fully saturated rings. The zero-order valence-electron chi connectivity index (χ0n) is 18.1. The van der Waals surface area contributed by atoms with Gasteiger partial charge in [-0.1, -0.05) is 96.0 Å². The van der Waals surface area contributed by atoms with Crippen LogP contribution in [0.2, 0.25) is 10.0 Å². The van der Waals surface area contributed by atoms with E-state index in [1.165, 1.54) is 0 Å². The van der Waals surface area contributed by atoms with Gasteiger partial charge in [0.2, 0.25) is 0 Å². The van der Waals surface area contributed by atoms with Crippen LogP contribution in [0, 0.1) is 0 Å². The van der Waals surface area contributed by atoms with Crippen LogP contribution in [-0.4, -0.2) is 17.9 Å². The Kier molecular flexibility index (Phi) is 7.33. The summed E-state index contributed by atoms with van der Waals surface area (Å²) in [6.45, 7) is 0.400. The second-order valence-corrected chi connectivity index (χ2v) is 8.45. The number of amides is 1. The van der Waals surface area contributed by atoms with Gasteiger partial charge in [-0.05, 0) is 47.0 Å². The van der Waals surface area contributed by atoms with Gasteiger partial charge in [0, 0.05) is 12.1 Å². The minimum Gasteiger partial charge on any atom is -0.497 e. The SMILES string of the molecule is COc1ccc(CN(C(=O)c2ccc(Cl)c(Cl)c2)C(c2ccccc2)c2ccccc2)cc1. The van der Waals surface area contributed by atoms with E-state index in [-0.39, 0.29) is 11.9 Å². The predicted molar refractivity (Wildman–Crippen MR) is 134 cm³/mol. The maximum Gasteiger partial charge on any atom is 0.254 e. The van der Waals surface area contributed by atoms with E-state index in [0.717, 1.165) is 22.4 Å². The quantitative estimate of drug-likeness (QED) is 0.278. The first-order valence-corrected chi connectivity index (χ1v) is 11.3. The van der Waals surface area contributed by atoms with Gasteiger partial charge >= 0.3 is 0 Å². The molecule has 0 heterocycles. The number of rotatable bonds is 7. The minimum absolute atomic E-state index is 0.137. The Labute approximate surface area is 204 Å². The third-order valence-corrected chi connectivity index (χ3v) is 6.22. The van der Waals surface area contributed by atoms with E-state index < -0.39 is 0 Å². The van der Waals surface area contributed by atoms with Gasteiger partial charge in [0.05, 0.1) is 23.2 Å². The van der Waals surface area contributed by atoms with Crippen LogP contribution < -0.4 is 4.74 Å². The Morgan fingerprint density at radius 1 is 0.788 bits per heavy atom. The van der Waals surface area contributed by atoms with Crippen LogP contribution in [0.4, 0.5) is 0 Å². The normalized spacial score (nSPS) is 10.8. The van der Waals surface area contributed by atoms with Crippen molar-refractivity contribution in [1.29, 1.82) is 0 Å². The number of ether oxygens (including phenoxy) is 1. The first-order valence-electron chi connectivity index (χ1n) is 10.6. The number of carbonyl (C=O) groups excluding carboxylic acids is 1. The molecule has 0 saturated carbocycles. The lowest BCUT2D eigenvalue weighted by Gasteiger charge is -2.33. The lowest BCUT2D eigenvalue weighted by molar-refractivity contribution is 0.0690. The summed E-state index contributed by atoms with van der Waals surface area (Å²) in [5.74, 6) is 0.630. The number of hydrogen-bond acceptors (Lipinski definition) is 2. The van der Waals surface area contributed by atoms with Crippen molar-refractivity contribution in [2.75, 3.05) is 7.11 Å². The van der Waals surface area contributed by atoms with Crippen LogP contribution in [0.3, 0.4) is 0 Å². The van der Waals surface area contributed by atoms with Crippen LogP contribution >= 0.6 is 23.2 Å². The molecule has 0 aliphatic carbocycles. The average molecular weight is 476 g/mol. The number of nitrogens with zero attached hydrogens (tertiary/aromatic N) is 1. The summed E-state index contributed by atoms with van der Waals surface area (Å²) in [6.07, 6.45) is 0. The van der Waals surface area contributed by atoms with E-state index in [1.54, 1.807) is 25.3 Å². The van der Waals surface area contributed by atoms with Gasteiger partial charge in [-0.15, -0.1) is 0 Å². The monoisotopic (exact) mass is 475 g/mol. The maximum atomic E-state index is 13.9. The molecule has 3 nitrogen and oxygen atoms in total. The molecule has 1 amide bonds. The molecule has 0 radical (unpaired) electrons. The number of halogens is 2. The molecular weight excluding hydrogens is 453 g/mol. The summed E-state index contributed by atoms with van der Waals surface area (Å²) in [7, 11) is 1.63. The zero-order valence-corrected chi connectivity index (χ0v) is 19.6. The Morgan fingerprint density at radius 2 is 1.36 bits per heavy atom. The molecule has 166 valence electrons. The number of carbonyl (C=O) groups is 1. The van der Waals surface area contributed by atoms with Crippen LogP contribution in [0.5, 0.6) is 5.75 Å².